The van der Waals surface area contributed by atoms with Crippen molar-refractivity contribution in [3.63, 3.8) is 0 Å². The van der Waals surface area contributed by atoms with Crippen molar-refractivity contribution >= 4 is 33.1 Å². The maximum Gasteiger partial charge on any atom is 0.300 e. The molecule has 0 radical (unpaired) electrons. The van der Waals surface area contributed by atoms with Crippen molar-refractivity contribution in [3.8, 4) is 0 Å². The van der Waals surface area contributed by atoms with Gasteiger partial charge in [-0.15, -0.1) is 0 Å². The van der Waals surface area contributed by atoms with Gasteiger partial charge >= 0.3 is 0 Å². The van der Waals surface area contributed by atoms with Gasteiger partial charge < -0.3 is 4.57 Å². The molecule has 0 aliphatic carbocycles. The first kappa shape index (κ1) is 15.1. The maximum absolute atomic E-state index is 12.2. The number of amides is 1. The molecule has 0 saturated carbocycles. The summed E-state index contributed by atoms with van der Waals surface area (Å²) in [5, 5.41) is 14.9. The fraction of sp³-hybridized carbons (Fsp3) is 0.214. The summed E-state index contributed by atoms with van der Waals surface area (Å²) in [5.41, 5.74) is 1.10. The van der Waals surface area contributed by atoms with E-state index in [-0.39, 0.29) is 11.4 Å². The minimum absolute atomic E-state index is 0.0182. The highest BCUT2D eigenvalue weighted by molar-refractivity contribution is 7.16. The van der Waals surface area contributed by atoms with Crippen LogP contribution in [0, 0.1) is 10.1 Å². The summed E-state index contributed by atoms with van der Waals surface area (Å²) < 4.78 is 4.10. The van der Waals surface area contributed by atoms with Gasteiger partial charge in [-0.25, -0.2) is 0 Å². The highest BCUT2D eigenvalue weighted by atomic mass is 32.1. The molecule has 0 aliphatic heterocycles. The number of hydrogen-bond donors (Lipinski definition) is 0. The van der Waals surface area contributed by atoms with Crippen LogP contribution in [0.3, 0.4) is 0 Å². The van der Waals surface area contributed by atoms with Crippen LogP contribution in [-0.2, 0) is 13.6 Å². The maximum atomic E-state index is 12.2. The summed E-state index contributed by atoms with van der Waals surface area (Å²) >= 11 is 1.25. The Labute approximate surface area is 134 Å². The van der Waals surface area contributed by atoms with Crippen LogP contribution in [0.5, 0.6) is 0 Å². The molecular formula is C14H13N5O3S. The van der Waals surface area contributed by atoms with Crippen LogP contribution in [0.25, 0.3) is 10.2 Å². The second kappa shape index (κ2) is 5.76. The molecule has 0 atom stereocenters. The van der Waals surface area contributed by atoms with Gasteiger partial charge in [0.1, 0.15) is 0 Å². The zero-order valence-electron chi connectivity index (χ0n) is 12.5. The van der Waals surface area contributed by atoms with E-state index in [1.54, 1.807) is 25.4 Å². The predicted molar refractivity (Wildman–Crippen MR) is 85.2 cm³/mol. The van der Waals surface area contributed by atoms with Gasteiger partial charge in [-0.3, -0.25) is 19.6 Å². The quantitative estimate of drug-likeness (QED) is 0.542. The molecule has 0 saturated heterocycles. The summed E-state index contributed by atoms with van der Waals surface area (Å²) in [6, 6.07) is 6.22. The van der Waals surface area contributed by atoms with E-state index < -0.39 is 10.8 Å². The lowest BCUT2D eigenvalue weighted by molar-refractivity contribution is -0.384. The lowest BCUT2D eigenvalue weighted by Gasteiger charge is -1.99. The third-order valence-electron chi connectivity index (χ3n) is 3.32. The molecule has 0 spiro atoms. The zero-order valence-corrected chi connectivity index (χ0v) is 13.3. The Morgan fingerprint density at radius 2 is 2.22 bits per heavy atom. The smallest absolute Gasteiger partial charge is 0.300 e. The van der Waals surface area contributed by atoms with Crippen LogP contribution < -0.4 is 4.80 Å². The van der Waals surface area contributed by atoms with Crippen LogP contribution >= 0.6 is 11.3 Å². The van der Waals surface area contributed by atoms with Gasteiger partial charge in [0, 0.05) is 31.9 Å². The Bertz CT molecular complexity index is 982. The molecule has 0 unspecified atom stereocenters. The molecule has 9 heteroatoms. The molecule has 2 heterocycles. The normalized spacial score (nSPS) is 12.0. The fourth-order valence-electron chi connectivity index (χ4n) is 2.24. The molecule has 0 N–H and O–H groups in total. The first-order valence-corrected chi connectivity index (χ1v) is 7.67. The summed E-state index contributed by atoms with van der Waals surface area (Å²) in [6.45, 7) is 2.53. The Morgan fingerprint density at radius 3 is 2.83 bits per heavy atom. The number of thiazole rings is 1. The summed E-state index contributed by atoms with van der Waals surface area (Å²) in [7, 11) is 1.72. The Hall–Kier alpha value is -2.81. The molecule has 3 rings (SSSR count). The first-order chi connectivity index (χ1) is 11.0. The number of aromatic nitrogens is 3. The standard InChI is InChI=1S/C14H13N5O3S/c1-3-18-11-5-4-9(19(21)22)8-12(11)23-14(18)15-13(20)10-6-7-17(2)16-10/h4-8H,3H2,1-2H3. The van der Waals surface area contributed by atoms with Gasteiger partial charge in [-0.1, -0.05) is 11.3 Å². The van der Waals surface area contributed by atoms with Crippen LogP contribution in [0.4, 0.5) is 5.69 Å². The van der Waals surface area contributed by atoms with E-state index in [2.05, 4.69) is 10.1 Å². The van der Waals surface area contributed by atoms with Crippen molar-refractivity contribution in [3.05, 3.63) is 51.1 Å². The molecule has 23 heavy (non-hydrogen) atoms. The summed E-state index contributed by atoms with van der Waals surface area (Å²) in [5.74, 6) is -0.436. The molecular weight excluding hydrogens is 318 g/mol. The lowest BCUT2D eigenvalue weighted by Crippen LogP contribution is -2.16. The van der Waals surface area contributed by atoms with Crippen molar-refractivity contribution in [1.82, 2.24) is 14.3 Å². The zero-order chi connectivity index (χ0) is 16.6. The molecule has 0 fully saturated rings. The largest absolute Gasteiger partial charge is 0.317 e. The van der Waals surface area contributed by atoms with E-state index in [1.165, 1.54) is 28.2 Å². The number of nitro groups is 1. The number of nitrogens with zero attached hydrogens (tertiary/aromatic N) is 5. The molecule has 2 aromatic heterocycles. The topological polar surface area (TPSA) is 95.3 Å². The molecule has 0 aliphatic rings. The Balaban J connectivity index is 2.14. The highest BCUT2D eigenvalue weighted by Crippen LogP contribution is 2.23. The fourth-order valence-corrected chi connectivity index (χ4v) is 3.37. The number of hydrogen-bond acceptors (Lipinski definition) is 5. The van der Waals surface area contributed by atoms with Crippen LogP contribution in [0.15, 0.2) is 35.5 Å². The molecule has 0 bridgehead atoms. The van der Waals surface area contributed by atoms with E-state index >= 15 is 0 Å². The minimum atomic E-state index is -0.439. The Kier molecular flexibility index (Phi) is 3.78. The van der Waals surface area contributed by atoms with Gasteiger partial charge in [0.05, 0.1) is 15.1 Å². The molecule has 118 valence electrons. The molecule has 1 amide bonds. The van der Waals surface area contributed by atoms with E-state index in [0.29, 0.717) is 16.0 Å². The minimum Gasteiger partial charge on any atom is -0.317 e. The monoisotopic (exact) mass is 331 g/mol. The molecule has 1 aromatic carbocycles. The first-order valence-electron chi connectivity index (χ1n) is 6.86. The summed E-state index contributed by atoms with van der Waals surface area (Å²) in [4.78, 5) is 27.3. The van der Waals surface area contributed by atoms with Crippen molar-refractivity contribution in [2.75, 3.05) is 0 Å². The van der Waals surface area contributed by atoms with Gasteiger partial charge in [-0.05, 0) is 19.1 Å². The van der Waals surface area contributed by atoms with Gasteiger partial charge in [0.15, 0.2) is 10.5 Å². The second-order valence-electron chi connectivity index (χ2n) is 4.83. The van der Waals surface area contributed by atoms with Gasteiger partial charge in [0.2, 0.25) is 0 Å². The van der Waals surface area contributed by atoms with E-state index in [1.807, 2.05) is 11.5 Å². The number of nitro benzene ring substituents is 1. The van der Waals surface area contributed by atoms with Crippen molar-refractivity contribution in [1.29, 1.82) is 0 Å². The average Bonchev–Trinajstić information content (AvgIpc) is 3.09. The van der Waals surface area contributed by atoms with Crippen LogP contribution in [-0.4, -0.2) is 25.2 Å². The third kappa shape index (κ3) is 2.78. The number of carbonyl (C=O) groups excluding carboxylic acids is 1. The van der Waals surface area contributed by atoms with Gasteiger partial charge in [0.25, 0.3) is 11.6 Å². The third-order valence-corrected chi connectivity index (χ3v) is 4.36. The lowest BCUT2D eigenvalue weighted by atomic mass is 10.3. The van der Waals surface area contributed by atoms with E-state index in [0.717, 1.165) is 5.52 Å². The molecule has 8 nitrogen and oxygen atoms in total. The number of non-ortho nitro benzene ring substituents is 1. The predicted octanol–water partition coefficient (Wildman–Crippen LogP) is 2.11. The van der Waals surface area contributed by atoms with Crippen molar-refractivity contribution in [2.45, 2.75) is 13.5 Å². The van der Waals surface area contributed by atoms with Crippen LogP contribution in [0.2, 0.25) is 0 Å². The number of fused-ring (bicyclic) bond motifs is 1. The van der Waals surface area contributed by atoms with E-state index in [9.17, 15) is 14.9 Å². The summed E-state index contributed by atoms with van der Waals surface area (Å²) in [6.07, 6.45) is 1.67. The Morgan fingerprint density at radius 1 is 1.43 bits per heavy atom. The SMILES string of the molecule is CCn1c(=NC(=O)c2ccn(C)n2)sc2cc([N+](=O)[O-])ccc21. The number of benzene rings is 1. The highest BCUT2D eigenvalue weighted by Gasteiger charge is 2.13. The van der Waals surface area contributed by atoms with Crippen LogP contribution in [0.1, 0.15) is 17.4 Å². The average molecular weight is 331 g/mol. The number of carbonyl (C=O) groups is 1. The van der Waals surface area contributed by atoms with E-state index in [4.69, 9.17) is 0 Å². The second-order valence-corrected chi connectivity index (χ2v) is 5.84. The number of rotatable bonds is 3. The molecule has 3 aromatic rings. The van der Waals surface area contributed by atoms with Crippen molar-refractivity contribution in [2.24, 2.45) is 12.0 Å². The van der Waals surface area contributed by atoms with Gasteiger partial charge in [-0.2, -0.15) is 10.1 Å². The number of aryl methyl sites for hydroxylation is 2. The van der Waals surface area contributed by atoms with Crippen molar-refractivity contribution < 1.29 is 9.72 Å².